The number of methoxy groups -OCH3 is 1. The van der Waals surface area contributed by atoms with Crippen LogP contribution in [0.5, 0.6) is 11.5 Å². The van der Waals surface area contributed by atoms with E-state index in [0.29, 0.717) is 21.5 Å². The fraction of sp³-hybridized carbons (Fsp3) is 0.167. The third-order valence-electron chi connectivity index (χ3n) is 5.32. The first-order valence-corrected chi connectivity index (χ1v) is 10.6. The maximum atomic E-state index is 11.5. The van der Waals surface area contributed by atoms with Crippen LogP contribution in [0.15, 0.2) is 66.9 Å². The molecule has 0 radical (unpaired) electrons. The monoisotopic (exact) mass is 470 g/mol. The third-order valence-corrected chi connectivity index (χ3v) is 5.90. The van der Waals surface area contributed by atoms with Gasteiger partial charge in [-0.3, -0.25) is 10.1 Å². The van der Waals surface area contributed by atoms with Crippen molar-refractivity contribution in [1.82, 2.24) is 4.98 Å². The topological polar surface area (TPSA) is 77.4 Å². The zero-order valence-corrected chi connectivity index (χ0v) is 18.7. The maximum absolute atomic E-state index is 11.5. The molecule has 0 aliphatic heterocycles. The molecular formula is C24H20Cl2N2O4. The second kappa shape index (κ2) is 9.51. The summed E-state index contributed by atoms with van der Waals surface area (Å²) in [4.78, 5) is 14.4. The van der Waals surface area contributed by atoms with Gasteiger partial charge in [0.2, 0.25) is 6.54 Å². The second-order valence-corrected chi connectivity index (χ2v) is 8.14. The number of nitrogens with zero attached hydrogens (tertiary/aromatic N) is 1. The van der Waals surface area contributed by atoms with Gasteiger partial charge in [-0.1, -0.05) is 53.5 Å². The third kappa shape index (κ3) is 4.66. The van der Waals surface area contributed by atoms with Crippen molar-refractivity contribution in [3.05, 3.63) is 104 Å². The smallest absolute Gasteiger partial charge is 0.214 e. The van der Waals surface area contributed by atoms with E-state index in [1.54, 1.807) is 30.3 Å². The van der Waals surface area contributed by atoms with Crippen molar-refractivity contribution < 1.29 is 14.4 Å². The van der Waals surface area contributed by atoms with Crippen LogP contribution < -0.4 is 9.47 Å². The maximum Gasteiger partial charge on any atom is 0.214 e. The van der Waals surface area contributed by atoms with Gasteiger partial charge in [-0.05, 0) is 41.5 Å². The summed E-state index contributed by atoms with van der Waals surface area (Å²) >= 11 is 12.2. The fourth-order valence-corrected chi connectivity index (χ4v) is 4.19. The van der Waals surface area contributed by atoms with E-state index in [2.05, 4.69) is 4.98 Å². The minimum absolute atomic E-state index is 0.229. The number of aromatic amines is 1. The first kappa shape index (κ1) is 22.0. The Labute approximate surface area is 194 Å². The summed E-state index contributed by atoms with van der Waals surface area (Å²) in [6.45, 7) is -0.0158. The summed E-state index contributed by atoms with van der Waals surface area (Å²) in [5, 5.41) is 13.5. The molecule has 4 aromatic rings. The number of benzene rings is 3. The van der Waals surface area contributed by atoms with Gasteiger partial charge >= 0.3 is 0 Å². The summed E-state index contributed by atoms with van der Waals surface area (Å²) in [5.41, 5.74) is 3.34. The molecule has 0 saturated carbocycles. The number of nitro groups is 1. The number of aromatic nitrogens is 1. The number of hydrogen-bond donors (Lipinski definition) is 1. The number of hydrogen-bond acceptors (Lipinski definition) is 4. The predicted molar refractivity (Wildman–Crippen MR) is 126 cm³/mol. The highest BCUT2D eigenvalue weighted by Crippen LogP contribution is 2.36. The number of fused-ring (bicyclic) bond motifs is 1. The summed E-state index contributed by atoms with van der Waals surface area (Å²) < 4.78 is 11.4. The summed E-state index contributed by atoms with van der Waals surface area (Å²) in [6.07, 6.45) is 1.83. The van der Waals surface area contributed by atoms with Crippen molar-refractivity contribution in [3.8, 4) is 11.5 Å². The first-order valence-electron chi connectivity index (χ1n) is 9.88. The lowest BCUT2D eigenvalue weighted by molar-refractivity contribution is -0.481. The first-order chi connectivity index (χ1) is 15.5. The molecule has 0 unspecified atom stereocenters. The number of H-pyrrole nitrogens is 1. The van der Waals surface area contributed by atoms with E-state index in [0.717, 1.165) is 27.6 Å². The van der Waals surface area contributed by atoms with Crippen LogP contribution in [-0.2, 0) is 6.61 Å². The molecule has 1 aromatic heterocycles. The van der Waals surface area contributed by atoms with Gasteiger partial charge in [-0.25, -0.2) is 0 Å². The molecule has 0 bridgehead atoms. The Hall–Kier alpha value is -3.22. The Morgan fingerprint density at radius 2 is 1.88 bits per heavy atom. The van der Waals surface area contributed by atoms with Gasteiger partial charge in [0.05, 0.1) is 13.0 Å². The highest BCUT2D eigenvalue weighted by Gasteiger charge is 2.24. The van der Waals surface area contributed by atoms with Crippen LogP contribution >= 0.6 is 23.2 Å². The standard InChI is InChI=1S/C24H20Cl2N2O4/c1-31-24-10-15(7-9-23(24)32-14-16-6-8-17(25)11-21(16)26)20(13-28(29)30)19-12-27-22-5-3-2-4-18(19)22/h2-12,20,27H,13-14H2,1H3/t20-/m0/s1. The Kier molecular flexibility index (Phi) is 6.53. The Balaban J connectivity index is 1.65. The molecule has 0 amide bonds. The van der Waals surface area contributed by atoms with E-state index >= 15 is 0 Å². The SMILES string of the molecule is COc1cc([C@H](C[N+](=O)[O-])c2c[nH]c3ccccc23)ccc1OCc1ccc(Cl)cc1Cl. The number of nitrogens with one attached hydrogen (secondary N) is 1. The molecule has 1 heterocycles. The van der Waals surface area contributed by atoms with Crippen molar-refractivity contribution >= 4 is 34.1 Å². The van der Waals surface area contributed by atoms with Crippen LogP contribution in [0, 0.1) is 10.1 Å². The van der Waals surface area contributed by atoms with E-state index in [9.17, 15) is 10.1 Å². The van der Waals surface area contributed by atoms with Gasteiger partial charge in [-0.2, -0.15) is 0 Å². The lowest BCUT2D eigenvalue weighted by atomic mass is 9.90. The van der Waals surface area contributed by atoms with E-state index in [1.807, 2.05) is 36.5 Å². The highest BCUT2D eigenvalue weighted by atomic mass is 35.5. The molecule has 0 fully saturated rings. The Bertz CT molecular complexity index is 1270. The predicted octanol–water partition coefficient (Wildman–Crippen LogP) is 6.47. The van der Waals surface area contributed by atoms with Crippen molar-refractivity contribution in [2.24, 2.45) is 0 Å². The molecule has 0 spiro atoms. The average molecular weight is 471 g/mol. The van der Waals surface area contributed by atoms with E-state index in [-0.39, 0.29) is 18.1 Å². The van der Waals surface area contributed by atoms with Crippen LogP contribution in [0.4, 0.5) is 0 Å². The molecule has 8 heteroatoms. The lowest BCUT2D eigenvalue weighted by Crippen LogP contribution is -2.14. The zero-order valence-electron chi connectivity index (χ0n) is 17.2. The molecule has 1 N–H and O–H groups in total. The lowest BCUT2D eigenvalue weighted by Gasteiger charge is -2.17. The number of ether oxygens (including phenoxy) is 2. The van der Waals surface area contributed by atoms with E-state index in [1.165, 1.54) is 7.11 Å². The van der Waals surface area contributed by atoms with Crippen molar-refractivity contribution in [1.29, 1.82) is 0 Å². The molecular weight excluding hydrogens is 451 g/mol. The molecule has 0 aliphatic carbocycles. The van der Waals surface area contributed by atoms with Crippen molar-refractivity contribution in [2.45, 2.75) is 12.5 Å². The zero-order chi connectivity index (χ0) is 22.7. The number of para-hydroxylation sites is 1. The average Bonchev–Trinajstić information content (AvgIpc) is 3.21. The highest BCUT2D eigenvalue weighted by molar-refractivity contribution is 6.35. The van der Waals surface area contributed by atoms with Crippen LogP contribution in [0.2, 0.25) is 10.0 Å². The van der Waals surface area contributed by atoms with Gasteiger partial charge in [-0.15, -0.1) is 0 Å². The van der Waals surface area contributed by atoms with Gasteiger partial charge in [0.1, 0.15) is 6.61 Å². The summed E-state index contributed by atoms with van der Waals surface area (Å²) in [7, 11) is 1.54. The van der Waals surface area contributed by atoms with E-state index < -0.39 is 5.92 Å². The molecule has 32 heavy (non-hydrogen) atoms. The van der Waals surface area contributed by atoms with Crippen molar-refractivity contribution in [3.63, 3.8) is 0 Å². The van der Waals surface area contributed by atoms with Gasteiger partial charge < -0.3 is 14.5 Å². The molecule has 4 rings (SSSR count). The Morgan fingerprint density at radius 1 is 1.06 bits per heavy atom. The second-order valence-electron chi connectivity index (χ2n) is 7.29. The van der Waals surface area contributed by atoms with Gasteiger partial charge in [0.15, 0.2) is 11.5 Å². The van der Waals surface area contributed by atoms with E-state index in [4.69, 9.17) is 32.7 Å². The Morgan fingerprint density at radius 3 is 2.62 bits per heavy atom. The minimum Gasteiger partial charge on any atom is -0.493 e. The van der Waals surface area contributed by atoms with Gasteiger partial charge in [0, 0.05) is 37.6 Å². The molecule has 0 aliphatic rings. The summed E-state index contributed by atoms with van der Waals surface area (Å²) in [6, 6.07) is 18.3. The van der Waals surface area contributed by atoms with Crippen LogP contribution in [-0.4, -0.2) is 23.6 Å². The van der Waals surface area contributed by atoms with Gasteiger partial charge in [0.25, 0.3) is 0 Å². The van der Waals surface area contributed by atoms with Crippen LogP contribution in [0.3, 0.4) is 0 Å². The number of rotatable bonds is 8. The molecule has 3 aromatic carbocycles. The normalized spacial score (nSPS) is 12.0. The molecule has 0 saturated heterocycles. The summed E-state index contributed by atoms with van der Waals surface area (Å²) in [5.74, 6) is 0.552. The van der Waals surface area contributed by atoms with Crippen LogP contribution in [0.25, 0.3) is 10.9 Å². The molecule has 6 nitrogen and oxygen atoms in total. The quantitative estimate of drug-likeness (QED) is 0.236. The fourth-order valence-electron chi connectivity index (χ4n) is 3.73. The number of halogens is 2. The minimum atomic E-state index is -0.449. The van der Waals surface area contributed by atoms with Crippen molar-refractivity contribution in [2.75, 3.05) is 13.7 Å². The van der Waals surface area contributed by atoms with Crippen LogP contribution in [0.1, 0.15) is 22.6 Å². The molecule has 164 valence electrons. The molecule has 1 atom stereocenters. The largest absolute Gasteiger partial charge is 0.493 e.